The summed E-state index contributed by atoms with van der Waals surface area (Å²) in [4.78, 5) is 10.2. The first-order valence-electron chi connectivity index (χ1n) is 9.30. The molecule has 0 aliphatic carbocycles. The van der Waals surface area contributed by atoms with Crippen LogP contribution in [0.3, 0.4) is 0 Å². The molecule has 0 bridgehead atoms. The fourth-order valence-corrected chi connectivity index (χ4v) is 4.32. The smallest absolute Gasteiger partial charge is 0.191 e. The molecule has 7 nitrogen and oxygen atoms in total. The predicted octanol–water partition coefficient (Wildman–Crippen LogP) is 2.20. The number of aromatic nitrogens is 4. The number of fused-ring (bicyclic) bond motifs is 1. The molecule has 0 amide bonds. The molecule has 0 saturated carbocycles. The summed E-state index contributed by atoms with van der Waals surface area (Å²) in [6.45, 7) is 10.2. The molecule has 0 fully saturated rings. The van der Waals surface area contributed by atoms with E-state index in [1.807, 2.05) is 7.05 Å². The summed E-state index contributed by atoms with van der Waals surface area (Å²) in [7, 11) is 1.82. The van der Waals surface area contributed by atoms with Gasteiger partial charge in [0.05, 0.1) is 10.7 Å². The van der Waals surface area contributed by atoms with Gasteiger partial charge in [0.2, 0.25) is 0 Å². The summed E-state index contributed by atoms with van der Waals surface area (Å²) >= 11 is 1.78. The fraction of sp³-hybridized carbons (Fsp3) is 0.667. The molecule has 0 saturated heterocycles. The van der Waals surface area contributed by atoms with Gasteiger partial charge in [-0.15, -0.1) is 21.5 Å². The Bertz CT molecular complexity index is 775. The van der Waals surface area contributed by atoms with Gasteiger partial charge in [0, 0.05) is 49.8 Å². The van der Waals surface area contributed by atoms with Gasteiger partial charge in [-0.3, -0.25) is 4.99 Å². The number of hydrogen-bond acceptors (Lipinski definition) is 5. The van der Waals surface area contributed by atoms with E-state index >= 15 is 0 Å². The normalized spacial score (nSPS) is 17.5. The minimum absolute atomic E-state index is 0.342. The van der Waals surface area contributed by atoms with Gasteiger partial charge >= 0.3 is 0 Å². The van der Waals surface area contributed by atoms with Gasteiger partial charge in [-0.05, 0) is 20.3 Å². The van der Waals surface area contributed by atoms with Gasteiger partial charge in [0.1, 0.15) is 11.6 Å². The number of nitrogens with one attached hydrogen (secondary N) is 2. The van der Waals surface area contributed by atoms with Crippen LogP contribution in [-0.2, 0) is 19.4 Å². The van der Waals surface area contributed by atoms with Crippen molar-refractivity contribution >= 4 is 17.3 Å². The summed E-state index contributed by atoms with van der Waals surface area (Å²) in [5.41, 5.74) is 1.14. The molecule has 3 rings (SSSR count). The quantitative estimate of drug-likeness (QED) is 0.619. The van der Waals surface area contributed by atoms with Crippen molar-refractivity contribution in [2.75, 3.05) is 13.6 Å². The maximum absolute atomic E-state index is 4.49. The van der Waals surface area contributed by atoms with E-state index in [-0.39, 0.29) is 0 Å². The Morgan fingerprint density at radius 2 is 2.15 bits per heavy atom. The van der Waals surface area contributed by atoms with Crippen molar-refractivity contribution in [3.8, 4) is 0 Å². The number of nitrogens with zero attached hydrogens (tertiary/aromatic N) is 5. The van der Waals surface area contributed by atoms with Gasteiger partial charge in [0.15, 0.2) is 5.96 Å². The van der Waals surface area contributed by atoms with Gasteiger partial charge in [-0.25, -0.2) is 4.98 Å². The fourth-order valence-electron chi connectivity index (χ4n) is 3.38. The van der Waals surface area contributed by atoms with Crippen LogP contribution in [0.15, 0.2) is 4.99 Å². The first kappa shape index (κ1) is 18.8. The average molecular weight is 376 g/mol. The standard InChI is InChI=1S/C18H29N7S/c1-11(2)17-24-23-16-7-6-14(10-25(16)17)22-18(19-5)20-9-8-15-12(3)21-13(4)26-15/h11,14H,6-10H2,1-5H3,(H2,19,20,22). The van der Waals surface area contributed by atoms with Crippen LogP contribution in [0.25, 0.3) is 0 Å². The van der Waals surface area contributed by atoms with E-state index in [1.165, 1.54) is 4.88 Å². The molecular weight excluding hydrogens is 346 g/mol. The molecule has 1 aliphatic heterocycles. The molecule has 3 heterocycles. The molecular formula is C18H29N7S. The zero-order valence-corrected chi connectivity index (χ0v) is 17.2. The van der Waals surface area contributed by atoms with Gasteiger partial charge in [-0.2, -0.15) is 0 Å². The lowest BCUT2D eigenvalue weighted by Crippen LogP contribution is -2.47. The van der Waals surface area contributed by atoms with E-state index in [4.69, 9.17) is 0 Å². The Balaban J connectivity index is 1.54. The Hall–Kier alpha value is -1.96. The molecule has 1 unspecified atom stereocenters. The third-order valence-electron chi connectivity index (χ3n) is 4.70. The van der Waals surface area contributed by atoms with Crippen LogP contribution in [-0.4, -0.2) is 45.3 Å². The maximum atomic E-state index is 4.49. The Morgan fingerprint density at radius 3 is 2.81 bits per heavy atom. The van der Waals surface area contributed by atoms with E-state index in [1.54, 1.807) is 11.3 Å². The summed E-state index contributed by atoms with van der Waals surface area (Å²) in [5.74, 6) is 3.42. The first-order valence-corrected chi connectivity index (χ1v) is 10.1. The molecule has 2 aromatic heterocycles. The topological polar surface area (TPSA) is 80.0 Å². The molecule has 0 spiro atoms. The predicted molar refractivity (Wildman–Crippen MR) is 106 cm³/mol. The third kappa shape index (κ3) is 4.23. The zero-order valence-electron chi connectivity index (χ0n) is 16.3. The summed E-state index contributed by atoms with van der Waals surface area (Å²) in [6, 6.07) is 0.342. The van der Waals surface area contributed by atoms with Crippen LogP contribution in [0.5, 0.6) is 0 Å². The summed E-state index contributed by atoms with van der Waals surface area (Å²) < 4.78 is 2.27. The van der Waals surface area contributed by atoms with Crippen molar-refractivity contribution in [2.24, 2.45) is 4.99 Å². The van der Waals surface area contributed by atoms with E-state index in [2.05, 4.69) is 63.1 Å². The molecule has 26 heavy (non-hydrogen) atoms. The third-order valence-corrected chi connectivity index (χ3v) is 5.83. The second-order valence-electron chi connectivity index (χ2n) is 7.11. The number of guanidine groups is 1. The molecule has 0 radical (unpaired) electrons. The minimum Gasteiger partial charge on any atom is -0.356 e. The minimum atomic E-state index is 0.342. The summed E-state index contributed by atoms with van der Waals surface area (Å²) in [6.07, 6.45) is 2.97. The van der Waals surface area contributed by atoms with E-state index < -0.39 is 0 Å². The van der Waals surface area contributed by atoms with E-state index in [9.17, 15) is 0 Å². The SMILES string of the molecule is CN=C(NCCc1sc(C)nc1C)NC1CCc2nnc(C(C)C)n2C1. The Labute approximate surface area is 159 Å². The molecule has 1 aliphatic rings. The summed E-state index contributed by atoms with van der Waals surface area (Å²) in [5, 5.41) is 16.8. The lowest BCUT2D eigenvalue weighted by Gasteiger charge is -2.27. The highest BCUT2D eigenvalue weighted by Gasteiger charge is 2.24. The zero-order chi connectivity index (χ0) is 18.7. The van der Waals surface area contributed by atoms with Crippen LogP contribution >= 0.6 is 11.3 Å². The monoisotopic (exact) mass is 375 g/mol. The lowest BCUT2D eigenvalue weighted by molar-refractivity contribution is 0.408. The largest absolute Gasteiger partial charge is 0.356 e. The number of hydrogen-bond donors (Lipinski definition) is 2. The highest BCUT2D eigenvalue weighted by Crippen LogP contribution is 2.20. The average Bonchev–Trinajstić information content (AvgIpc) is 3.16. The molecule has 1 atom stereocenters. The van der Waals surface area contributed by atoms with Crippen LogP contribution in [0.2, 0.25) is 0 Å². The van der Waals surface area contributed by atoms with Crippen molar-refractivity contribution in [1.29, 1.82) is 0 Å². The molecule has 142 valence electrons. The van der Waals surface area contributed by atoms with Crippen molar-refractivity contribution in [3.63, 3.8) is 0 Å². The molecule has 8 heteroatoms. The second-order valence-corrected chi connectivity index (χ2v) is 8.40. The molecule has 2 aromatic rings. The van der Waals surface area contributed by atoms with Crippen LogP contribution in [0.1, 0.15) is 53.4 Å². The maximum Gasteiger partial charge on any atom is 0.191 e. The number of thiazole rings is 1. The van der Waals surface area contributed by atoms with Crippen LogP contribution in [0.4, 0.5) is 0 Å². The molecule has 2 N–H and O–H groups in total. The number of aryl methyl sites for hydroxylation is 3. The Morgan fingerprint density at radius 1 is 1.35 bits per heavy atom. The van der Waals surface area contributed by atoms with Crippen LogP contribution in [0, 0.1) is 13.8 Å². The van der Waals surface area contributed by atoms with Crippen molar-refractivity contribution < 1.29 is 0 Å². The van der Waals surface area contributed by atoms with Crippen molar-refractivity contribution in [3.05, 3.63) is 27.2 Å². The second kappa shape index (κ2) is 8.16. The highest BCUT2D eigenvalue weighted by molar-refractivity contribution is 7.11. The van der Waals surface area contributed by atoms with Crippen molar-refractivity contribution in [2.45, 2.75) is 65.5 Å². The van der Waals surface area contributed by atoms with E-state index in [0.29, 0.717) is 12.0 Å². The lowest BCUT2D eigenvalue weighted by atomic mass is 10.1. The number of rotatable bonds is 5. The van der Waals surface area contributed by atoms with Crippen molar-refractivity contribution in [1.82, 2.24) is 30.4 Å². The van der Waals surface area contributed by atoms with Crippen LogP contribution < -0.4 is 10.6 Å². The first-order chi connectivity index (χ1) is 12.5. The van der Waals surface area contributed by atoms with E-state index in [0.717, 1.165) is 60.7 Å². The van der Waals surface area contributed by atoms with Gasteiger partial charge in [-0.1, -0.05) is 13.8 Å². The van der Waals surface area contributed by atoms with Gasteiger partial charge < -0.3 is 15.2 Å². The number of aliphatic imine (C=N–C) groups is 1. The Kier molecular flexibility index (Phi) is 5.90. The molecule has 0 aromatic carbocycles. The van der Waals surface area contributed by atoms with Gasteiger partial charge in [0.25, 0.3) is 0 Å². The highest BCUT2D eigenvalue weighted by atomic mass is 32.1.